The van der Waals surface area contributed by atoms with Crippen LogP contribution in [0.3, 0.4) is 0 Å². The Balaban J connectivity index is 1.96. The Kier molecular flexibility index (Phi) is 0.876. The third kappa shape index (κ3) is 0.466. The highest BCUT2D eigenvalue weighted by Crippen LogP contribution is 2.60. The highest BCUT2D eigenvalue weighted by atomic mass is 16.6. The maximum absolute atomic E-state index is 11.1. The molecule has 3 aliphatic carbocycles. The minimum atomic E-state index is 0.0181. The number of hydrogen-bond acceptors (Lipinski definition) is 3. The van der Waals surface area contributed by atoms with Gasteiger partial charge in [0, 0.05) is 18.9 Å². The van der Waals surface area contributed by atoms with Crippen molar-refractivity contribution in [2.45, 2.75) is 18.6 Å². The maximum Gasteiger partial charge on any atom is 0.310 e. The SMILES string of the molecule is COC1C2CC3C1OC(=O)C23. The second kappa shape index (κ2) is 1.61. The molecule has 4 aliphatic rings. The molecule has 1 saturated heterocycles. The topological polar surface area (TPSA) is 35.5 Å². The quantitative estimate of drug-likeness (QED) is 0.506. The van der Waals surface area contributed by atoms with Crippen LogP contribution >= 0.6 is 0 Å². The highest BCUT2D eigenvalue weighted by molar-refractivity contribution is 5.79. The molecular formula is C8H10O3. The minimum Gasteiger partial charge on any atom is -0.459 e. The Hall–Kier alpha value is -0.570. The standard InChI is InChI=1S/C8H10O3/c1-10-6-3-2-4-5(3)8(9)11-7(4)6/h3-7H,2H2,1H3. The third-order valence-corrected chi connectivity index (χ3v) is 3.43. The largest absolute Gasteiger partial charge is 0.459 e. The summed E-state index contributed by atoms with van der Waals surface area (Å²) >= 11 is 0. The lowest BCUT2D eigenvalue weighted by molar-refractivity contribution is -0.160. The molecule has 0 aromatic heterocycles. The highest BCUT2D eigenvalue weighted by Gasteiger charge is 2.69. The van der Waals surface area contributed by atoms with E-state index >= 15 is 0 Å². The number of ether oxygens (including phenoxy) is 2. The van der Waals surface area contributed by atoms with Crippen molar-refractivity contribution in [2.24, 2.45) is 17.8 Å². The van der Waals surface area contributed by atoms with Gasteiger partial charge in [-0.3, -0.25) is 4.79 Å². The predicted molar refractivity (Wildman–Crippen MR) is 35.8 cm³/mol. The van der Waals surface area contributed by atoms with Crippen molar-refractivity contribution >= 4 is 5.97 Å². The summed E-state index contributed by atoms with van der Waals surface area (Å²) in [7, 11) is 1.70. The molecule has 1 aliphatic heterocycles. The Bertz CT molecular complexity index is 225. The van der Waals surface area contributed by atoms with E-state index in [-0.39, 0.29) is 24.1 Å². The minimum absolute atomic E-state index is 0.0181. The van der Waals surface area contributed by atoms with E-state index in [1.807, 2.05) is 0 Å². The number of rotatable bonds is 1. The van der Waals surface area contributed by atoms with Gasteiger partial charge in [-0.25, -0.2) is 0 Å². The zero-order valence-electron chi connectivity index (χ0n) is 6.32. The molecule has 0 radical (unpaired) electrons. The van der Waals surface area contributed by atoms with E-state index in [9.17, 15) is 4.79 Å². The predicted octanol–water partition coefficient (Wildman–Crippen LogP) is 0.193. The van der Waals surface area contributed by atoms with Crippen LogP contribution in [0.5, 0.6) is 0 Å². The molecule has 4 rings (SSSR count). The van der Waals surface area contributed by atoms with Crippen LogP contribution in [0, 0.1) is 17.8 Å². The Morgan fingerprint density at radius 1 is 1.55 bits per heavy atom. The van der Waals surface area contributed by atoms with E-state index in [1.165, 1.54) is 0 Å². The molecule has 5 unspecified atom stereocenters. The van der Waals surface area contributed by atoms with Crippen LogP contribution in [-0.4, -0.2) is 25.3 Å². The van der Waals surface area contributed by atoms with Gasteiger partial charge in [-0.05, 0) is 6.42 Å². The Labute approximate surface area is 64.7 Å². The maximum atomic E-state index is 11.1. The molecule has 0 spiro atoms. The fourth-order valence-corrected chi connectivity index (χ4v) is 2.92. The van der Waals surface area contributed by atoms with Crippen molar-refractivity contribution in [3.05, 3.63) is 0 Å². The average molecular weight is 154 g/mol. The molecule has 11 heavy (non-hydrogen) atoms. The van der Waals surface area contributed by atoms with Crippen molar-refractivity contribution in [3.8, 4) is 0 Å². The summed E-state index contributed by atoms with van der Waals surface area (Å²) in [5, 5.41) is 0. The lowest BCUT2D eigenvalue weighted by Gasteiger charge is -2.31. The number of carbonyl (C=O) groups excluding carboxylic acids is 1. The van der Waals surface area contributed by atoms with Crippen LogP contribution in [0.1, 0.15) is 6.42 Å². The fourth-order valence-electron chi connectivity index (χ4n) is 2.92. The second-order valence-electron chi connectivity index (χ2n) is 3.69. The van der Waals surface area contributed by atoms with E-state index in [1.54, 1.807) is 7.11 Å². The molecule has 0 amide bonds. The zero-order chi connectivity index (χ0) is 7.59. The molecule has 60 valence electrons. The molecule has 0 aromatic rings. The first kappa shape index (κ1) is 6.00. The Morgan fingerprint density at radius 3 is 2.91 bits per heavy atom. The van der Waals surface area contributed by atoms with Gasteiger partial charge < -0.3 is 9.47 Å². The smallest absolute Gasteiger partial charge is 0.310 e. The molecular weight excluding hydrogens is 144 g/mol. The summed E-state index contributed by atoms with van der Waals surface area (Å²) in [5.41, 5.74) is 0. The van der Waals surface area contributed by atoms with Gasteiger partial charge in [0.1, 0.15) is 6.10 Å². The van der Waals surface area contributed by atoms with Crippen molar-refractivity contribution in [1.82, 2.24) is 0 Å². The molecule has 0 aromatic carbocycles. The number of hydrogen-bond donors (Lipinski definition) is 0. The van der Waals surface area contributed by atoms with E-state index in [4.69, 9.17) is 9.47 Å². The molecule has 4 bridgehead atoms. The van der Waals surface area contributed by atoms with Crippen LogP contribution in [-0.2, 0) is 14.3 Å². The molecule has 3 saturated carbocycles. The van der Waals surface area contributed by atoms with Crippen molar-refractivity contribution in [2.75, 3.05) is 7.11 Å². The van der Waals surface area contributed by atoms with Gasteiger partial charge in [-0.2, -0.15) is 0 Å². The fraction of sp³-hybridized carbons (Fsp3) is 0.875. The summed E-state index contributed by atoms with van der Waals surface area (Å²) in [6.45, 7) is 0. The third-order valence-electron chi connectivity index (χ3n) is 3.43. The second-order valence-corrected chi connectivity index (χ2v) is 3.69. The van der Waals surface area contributed by atoms with Crippen LogP contribution in [0.25, 0.3) is 0 Å². The van der Waals surface area contributed by atoms with Crippen molar-refractivity contribution in [1.29, 1.82) is 0 Å². The average Bonchev–Trinajstić information content (AvgIpc) is 2.43. The molecule has 3 nitrogen and oxygen atoms in total. The molecule has 1 heterocycles. The zero-order valence-corrected chi connectivity index (χ0v) is 6.32. The van der Waals surface area contributed by atoms with Crippen LogP contribution < -0.4 is 0 Å². The summed E-state index contributed by atoms with van der Waals surface area (Å²) < 4.78 is 10.4. The first-order valence-corrected chi connectivity index (χ1v) is 4.06. The van der Waals surface area contributed by atoms with Crippen LogP contribution in [0.4, 0.5) is 0 Å². The van der Waals surface area contributed by atoms with E-state index in [0.717, 1.165) is 6.42 Å². The van der Waals surface area contributed by atoms with Gasteiger partial charge in [0.15, 0.2) is 0 Å². The number of carbonyl (C=O) groups is 1. The summed E-state index contributed by atoms with van der Waals surface area (Å²) in [6, 6.07) is 0. The van der Waals surface area contributed by atoms with E-state index in [2.05, 4.69) is 0 Å². The Morgan fingerprint density at radius 2 is 2.36 bits per heavy atom. The molecule has 4 fully saturated rings. The van der Waals surface area contributed by atoms with Gasteiger partial charge in [0.05, 0.1) is 12.0 Å². The summed E-state index contributed by atoms with van der Waals surface area (Å²) in [5.74, 6) is 1.20. The summed E-state index contributed by atoms with van der Waals surface area (Å²) in [4.78, 5) is 11.1. The van der Waals surface area contributed by atoms with Gasteiger partial charge >= 0.3 is 5.97 Å². The van der Waals surface area contributed by atoms with E-state index < -0.39 is 0 Å². The van der Waals surface area contributed by atoms with Crippen molar-refractivity contribution < 1.29 is 14.3 Å². The van der Waals surface area contributed by atoms with Gasteiger partial charge in [0.2, 0.25) is 0 Å². The molecule has 5 atom stereocenters. The first-order chi connectivity index (χ1) is 5.33. The monoisotopic (exact) mass is 154 g/mol. The normalized spacial score (nSPS) is 57.5. The van der Waals surface area contributed by atoms with Gasteiger partial charge in [-0.15, -0.1) is 0 Å². The van der Waals surface area contributed by atoms with Gasteiger partial charge in [-0.1, -0.05) is 0 Å². The summed E-state index contributed by atoms with van der Waals surface area (Å²) in [6.07, 6.45) is 1.45. The lowest BCUT2D eigenvalue weighted by atomic mass is 9.73. The first-order valence-electron chi connectivity index (χ1n) is 4.06. The van der Waals surface area contributed by atoms with Gasteiger partial charge in [0.25, 0.3) is 0 Å². The van der Waals surface area contributed by atoms with Crippen LogP contribution in [0.2, 0.25) is 0 Å². The number of methoxy groups -OCH3 is 1. The van der Waals surface area contributed by atoms with Crippen LogP contribution in [0.15, 0.2) is 0 Å². The lowest BCUT2D eigenvalue weighted by Crippen LogP contribution is -2.38. The molecule has 3 heteroatoms. The van der Waals surface area contributed by atoms with E-state index in [0.29, 0.717) is 11.8 Å². The van der Waals surface area contributed by atoms with Crippen molar-refractivity contribution in [3.63, 3.8) is 0 Å². The molecule has 0 N–H and O–H groups in total. The number of esters is 1.